The number of amides is 4. The number of carboxylic acid groups (broad SMARTS) is 1. The van der Waals surface area contributed by atoms with Crippen LogP contribution < -0.4 is 31.7 Å². The molecule has 1 heterocycles. The van der Waals surface area contributed by atoms with Gasteiger partial charge in [-0.1, -0.05) is 23.7 Å². The number of nitrogens with two attached hydrogens (primary N) is 1. The van der Waals surface area contributed by atoms with Gasteiger partial charge < -0.3 is 36.8 Å². The molecule has 0 aliphatic heterocycles. The summed E-state index contributed by atoms with van der Waals surface area (Å²) in [6, 6.07) is 17.0. The summed E-state index contributed by atoms with van der Waals surface area (Å²) in [5.74, 6) is -6.01. The van der Waals surface area contributed by atoms with Crippen molar-refractivity contribution in [3.05, 3.63) is 94.5 Å². The first-order valence-corrected chi connectivity index (χ1v) is 15.7. The molecule has 1 aliphatic rings. The number of ether oxygens (including phenoxy) is 1. The van der Waals surface area contributed by atoms with E-state index in [1.54, 1.807) is 12.1 Å². The summed E-state index contributed by atoms with van der Waals surface area (Å²) in [5, 5.41) is 20.3. The predicted octanol–water partition coefficient (Wildman–Crippen LogP) is 3.83. The molecule has 0 radical (unpaired) electrons. The number of benzene rings is 3. The Morgan fingerprint density at radius 1 is 0.849 bits per heavy atom. The number of carboxylic acids is 1. The van der Waals surface area contributed by atoms with Gasteiger partial charge >= 0.3 is 30.0 Å². The van der Waals surface area contributed by atoms with Crippen molar-refractivity contribution in [1.82, 2.24) is 20.3 Å². The molecule has 4 aromatic rings. The average Bonchev–Trinajstić information content (AvgIpc) is 3.89. The summed E-state index contributed by atoms with van der Waals surface area (Å²) in [6.07, 6.45) is -3.30. The van der Waals surface area contributed by atoms with Crippen molar-refractivity contribution in [2.45, 2.75) is 24.6 Å². The Morgan fingerprint density at radius 2 is 1.45 bits per heavy atom. The predicted molar refractivity (Wildman–Crippen MR) is 183 cm³/mol. The number of nitrogens with zero attached hydrogens (tertiary/aromatic N) is 4. The fraction of sp³-hybridized carbons (Fsp3) is 0.182. The van der Waals surface area contributed by atoms with Gasteiger partial charge in [-0.3, -0.25) is 19.2 Å². The molecule has 0 spiro atoms. The lowest BCUT2D eigenvalue weighted by Crippen LogP contribution is -2.40. The van der Waals surface area contributed by atoms with Crippen LogP contribution >= 0.6 is 11.6 Å². The van der Waals surface area contributed by atoms with Crippen LogP contribution in [0.3, 0.4) is 0 Å². The maximum absolute atomic E-state index is 12.9. The first-order valence-electron chi connectivity index (χ1n) is 15.3. The molecule has 1 aliphatic carbocycles. The Bertz CT molecular complexity index is 2080. The van der Waals surface area contributed by atoms with Gasteiger partial charge in [0, 0.05) is 27.5 Å². The maximum atomic E-state index is 12.9. The van der Waals surface area contributed by atoms with Gasteiger partial charge in [0.25, 0.3) is 5.91 Å². The number of nitrogens with one attached hydrogen (secondary N) is 4. The molecule has 7 N–H and O–H groups in total. The van der Waals surface area contributed by atoms with E-state index in [4.69, 9.17) is 22.1 Å². The van der Waals surface area contributed by atoms with Crippen LogP contribution in [0.15, 0.2) is 77.8 Å². The van der Waals surface area contributed by atoms with Gasteiger partial charge in [-0.2, -0.15) is 28.1 Å². The third-order valence-electron chi connectivity index (χ3n) is 7.40. The maximum Gasteiger partial charge on any atom is 0.422 e. The van der Waals surface area contributed by atoms with E-state index in [0.717, 1.165) is 5.56 Å². The van der Waals surface area contributed by atoms with Crippen LogP contribution in [-0.4, -0.2) is 74.7 Å². The van der Waals surface area contributed by atoms with E-state index in [1.807, 2.05) is 12.1 Å². The molecule has 5 rings (SSSR count). The third kappa shape index (κ3) is 10.4. The fourth-order valence-electron chi connectivity index (χ4n) is 4.60. The van der Waals surface area contributed by atoms with Gasteiger partial charge in [-0.25, -0.2) is 9.79 Å². The zero-order valence-electron chi connectivity index (χ0n) is 27.0. The smallest absolute Gasteiger partial charge is 0.422 e. The van der Waals surface area contributed by atoms with Gasteiger partial charge in [0.05, 0.1) is 12.1 Å². The highest BCUT2D eigenvalue weighted by molar-refractivity contribution is 6.42. The van der Waals surface area contributed by atoms with Gasteiger partial charge in [0.15, 0.2) is 6.61 Å². The standard InChI is InChI=1S/C33H27ClF3N9O7/c34-20-7-5-19(6-8-20)32(13-14-32)46-30-43-29(44-31(45-30)53-16-33(35,36)37)41-22-11-3-18(4-12-22)25(48)42-23(28(51)52)15-39-26(49)27(50)40-21-9-1-17(2-10-21)24(38)47/h1-12H,13-16H2,(H2,38,47)(H,39,49)(H,40,50)(H,51,52)(H2,41,43,44,45,46). The molecule has 16 nitrogen and oxygen atoms in total. The molecule has 3 aromatic carbocycles. The number of hydrogen-bond acceptors (Lipinski definition) is 11. The van der Waals surface area contributed by atoms with E-state index in [0.29, 0.717) is 17.9 Å². The topological polar surface area (TPSA) is 240 Å². The lowest BCUT2D eigenvalue weighted by Gasteiger charge is -2.19. The highest BCUT2D eigenvalue weighted by Crippen LogP contribution is 2.48. The quantitative estimate of drug-likeness (QED) is 0.0844. The van der Waals surface area contributed by atoms with Crippen molar-refractivity contribution in [3.8, 4) is 6.01 Å². The van der Waals surface area contributed by atoms with Crippen LogP contribution in [0.1, 0.15) is 39.1 Å². The molecule has 1 fully saturated rings. The second kappa shape index (κ2) is 15.7. The number of primary amides is 1. The second-order valence-electron chi connectivity index (χ2n) is 11.3. The SMILES string of the molecule is NC(=O)c1ccc(NC(=O)C(=O)NCC(=NC(=O)c2ccc(Nc3nc(NC4(c5ccc(Cl)cc5)CC4)nc(OCC(F)(F)F)n3)cc2)C(=O)O)cc1. The Kier molecular flexibility index (Phi) is 11.2. The molecule has 0 bridgehead atoms. The van der Waals surface area contributed by atoms with Crippen LogP contribution in [0.25, 0.3) is 0 Å². The molecular weight excluding hydrogens is 727 g/mol. The zero-order valence-corrected chi connectivity index (χ0v) is 27.8. The minimum atomic E-state index is -4.66. The minimum absolute atomic E-state index is 0.0714. The fourth-order valence-corrected chi connectivity index (χ4v) is 4.72. The number of rotatable bonds is 13. The van der Waals surface area contributed by atoms with Crippen LogP contribution in [0.5, 0.6) is 6.01 Å². The van der Waals surface area contributed by atoms with Crippen LogP contribution in [0.4, 0.5) is 36.4 Å². The molecule has 4 amide bonds. The van der Waals surface area contributed by atoms with Crippen molar-refractivity contribution >= 4 is 70.2 Å². The number of carbonyl (C=O) groups is 5. The Morgan fingerprint density at radius 3 is 2.04 bits per heavy atom. The van der Waals surface area contributed by atoms with E-state index in [-0.39, 0.29) is 34.4 Å². The van der Waals surface area contributed by atoms with E-state index in [2.05, 4.69) is 41.2 Å². The second-order valence-corrected chi connectivity index (χ2v) is 11.8. The monoisotopic (exact) mass is 753 g/mol. The highest BCUT2D eigenvalue weighted by atomic mass is 35.5. The van der Waals surface area contributed by atoms with Crippen LogP contribution in [0.2, 0.25) is 5.02 Å². The highest BCUT2D eigenvalue weighted by Gasteiger charge is 2.45. The summed E-state index contributed by atoms with van der Waals surface area (Å²) in [5.41, 5.74) is 5.16. The normalized spacial score (nSPS) is 13.3. The number of aliphatic imine (C=N–C) groups is 1. The number of halogens is 4. The summed E-state index contributed by atoms with van der Waals surface area (Å²) < 4.78 is 43.5. The van der Waals surface area contributed by atoms with E-state index >= 15 is 0 Å². The summed E-state index contributed by atoms with van der Waals surface area (Å²) in [4.78, 5) is 75.9. The number of anilines is 4. The van der Waals surface area contributed by atoms with Crippen molar-refractivity contribution in [1.29, 1.82) is 0 Å². The van der Waals surface area contributed by atoms with Gasteiger partial charge in [-0.15, -0.1) is 0 Å². The molecule has 1 saturated carbocycles. The van der Waals surface area contributed by atoms with E-state index < -0.39 is 66.2 Å². The van der Waals surface area contributed by atoms with E-state index in [9.17, 15) is 42.3 Å². The number of aromatic nitrogens is 3. The molecule has 0 unspecified atom stereocenters. The molecule has 53 heavy (non-hydrogen) atoms. The van der Waals surface area contributed by atoms with Crippen molar-refractivity contribution in [3.63, 3.8) is 0 Å². The average molecular weight is 754 g/mol. The van der Waals surface area contributed by atoms with Crippen molar-refractivity contribution < 1.29 is 47.0 Å². The number of aliphatic carboxylic acids is 1. The van der Waals surface area contributed by atoms with Gasteiger partial charge in [-0.05, 0) is 79.1 Å². The molecule has 1 aromatic heterocycles. The minimum Gasteiger partial charge on any atom is -0.477 e. The van der Waals surface area contributed by atoms with Crippen molar-refractivity contribution in [2.75, 3.05) is 29.1 Å². The Hall–Kier alpha value is -6.63. The molecule has 0 atom stereocenters. The summed E-state index contributed by atoms with van der Waals surface area (Å²) in [7, 11) is 0. The number of carbonyl (C=O) groups excluding carboxylic acids is 4. The lowest BCUT2D eigenvalue weighted by atomic mass is 10.1. The van der Waals surface area contributed by atoms with Crippen molar-refractivity contribution in [2.24, 2.45) is 10.7 Å². The molecule has 274 valence electrons. The van der Waals surface area contributed by atoms with E-state index in [1.165, 1.54) is 48.5 Å². The van der Waals surface area contributed by atoms with Gasteiger partial charge in [0.2, 0.25) is 17.8 Å². The Labute approximate surface area is 302 Å². The van der Waals surface area contributed by atoms with Gasteiger partial charge in [0.1, 0.15) is 5.71 Å². The van der Waals surface area contributed by atoms with Crippen LogP contribution in [-0.2, 0) is 19.9 Å². The summed E-state index contributed by atoms with van der Waals surface area (Å²) in [6.45, 7) is -2.44. The largest absolute Gasteiger partial charge is 0.477 e. The third-order valence-corrected chi connectivity index (χ3v) is 7.65. The summed E-state index contributed by atoms with van der Waals surface area (Å²) >= 11 is 6.00. The number of alkyl halides is 3. The molecule has 20 heteroatoms. The lowest BCUT2D eigenvalue weighted by molar-refractivity contribution is -0.154. The molecule has 0 saturated heterocycles. The van der Waals surface area contributed by atoms with Crippen LogP contribution in [0, 0.1) is 0 Å². The first kappa shape index (κ1) is 37.6. The number of hydrogen-bond donors (Lipinski definition) is 6. The first-order chi connectivity index (χ1) is 25.1. The molecular formula is C33H27ClF3N9O7. The zero-order chi connectivity index (χ0) is 38.3. The Balaban J connectivity index is 1.24.